The molecule has 0 radical (unpaired) electrons. The lowest BCUT2D eigenvalue weighted by molar-refractivity contribution is 0.479. The van der Waals surface area contributed by atoms with Gasteiger partial charge in [0, 0.05) is 0 Å². The second-order valence-electron chi connectivity index (χ2n) is 5.97. The first-order valence-electron chi connectivity index (χ1n) is 6.70. The topological polar surface area (TPSA) is 89.4 Å². The van der Waals surface area contributed by atoms with Crippen molar-refractivity contribution in [3.8, 4) is 0 Å². The predicted octanol–water partition coefficient (Wildman–Crippen LogP) is 4.47. The van der Waals surface area contributed by atoms with Gasteiger partial charge < -0.3 is 6.15 Å². The molecular weight excluding hydrogens is 274 g/mol. The molecule has 5 heteroatoms. The van der Waals surface area contributed by atoms with Crippen molar-refractivity contribution in [1.82, 2.24) is 6.15 Å². The number of hydrogen-bond donors (Lipinski definition) is 2. The van der Waals surface area contributed by atoms with Crippen LogP contribution < -0.4 is 6.15 Å². The highest BCUT2D eigenvalue weighted by Crippen LogP contribution is 2.34. The minimum Gasteiger partial charge on any atom is -0.344 e. The van der Waals surface area contributed by atoms with Crippen LogP contribution in [-0.2, 0) is 10.1 Å². The Labute approximate surface area is 122 Å². The van der Waals surface area contributed by atoms with Crippen LogP contribution in [0.5, 0.6) is 0 Å². The molecule has 0 aliphatic rings. The third-order valence-electron chi connectivity index (χ3n) is 3.34. The number of hydrogen-bond acceptors (Lipinski definition) is 3. The van der Waals surface area contributed by atoms with Crippen LogP contribution in [0.25, 0.3) is 0 Å². The molecule has 0 fully saturated rings. The van der Waals surface area contributed by atoms with Gasteiger partial charge in [0.25, 0.3) is 10.1 Å². The van der Waals surface area contributed by atoms with Gasteiger partial charge in [0.15, 0.2) is 0 Å². The monoisotopic (exact) mass is 301 g/mol. The van der Waals surface area contributed by atoms with E-state index in [1.807, 2.05) is 39.8 Å². The van der Waals surface area contributed by atoms with E-state index in [2.05, 4.69) is 13.8 Å². The van der Waals surface area contributed by atoms with Gasteiger partial charge in [-0.1, -0.05) is 53.7 Å². The van der Waals surface area contributed by atoms with Crippen LogP contribution in [-0.4, -0.2) is 13.0 Å². The summed E-state index contributed by atoms with van der Waals surface area (Å²) < 4.78 is 33.0. The Kier molecular flexibility index (Phi) is 6.39. The molecule has 1 aromatic carbocycles. The third-order valence-corrected chi connectivity index (χ3v) is 4.32. The van der Waals surface area contributed by atoms with Gasteiger partial charge in [-0.25, -0.2) is 0 Å². The lowest BCUT2D eigenvalue weighted by Crippen LogP contribution is -2.11. The van der Waals surface area contributed by atoms with Gasteiger partial charge in [0.1, 0.15) is 4.90 Å². The molecule has 0 amide bonds. The van der Waals surface area contributed by atoms with E-state index in [4.69, 9.17) is 0 Å². The van der Waals surface area contributed by atoms with Gasteiger partial charge in [0.2, 0.25) is 0 Å². The SMILES string of the molecule is CC(C)c1cc(C(C)C)c(S(=O)(=O)O)c(C(C)C)c1.N. The van der Waals surface area contributed by atoms with Crippen LogP contribution >= 0.6 is 0 Å². The summed E-state index contributed by atoms with van der Waals surface area (Å²) in [4.78, 5) is 0.0990. The summed E-state index contributed by atoms with van der Waals surface area (Å²) in [5.41, 5.74) is 2.52. The lowest BCUT2D eigenvalue weighted by Gasteiger charge is -2.20. The summed E-state index contributed by atoms with van der Waals surface area (Å²) in [5.74, 6) is 0.423. The zero-order chi connectivity index (χ0) is 15.0. The van der Waals surface area contributed by atoms with Gasteiger partial charge in [-0.15, -0.1) is 0 Å². The fraction of sp³-hybridized carbons (Fsp3) is 0.600. The van der Waals surface area contributed by atoms with Gasteiger partial charge in [-0.05, 0) is 34.4 Å². The minimum atomic E-state index is -4.20. The highest BCUT2D eigenvalue weighted by molar-refractivity contribution is 7.86. The van der Waals surface area contributed by atoms with Crippen LogP contribution in [0, 0.1) is 0 Å². The maximum Gasteiger partial charge on any atom is 0.295 e. The maximum absolute atomic E-state index is 11.7. The normalized spacial score (nSPS) is 12.1. The predicted molar refractivity (Wildman–Crippen MR) is 83.5 cm³/mol. The summed E-state index contributed by atoms with van der Waals surface area (Å²) in [7, 11) is -4.20. The lowest BCUT2D eigenvalue weighted by atomic mass is 9.89. The average Bonchev–Trinajstić information content (AvgIpc) is 2.25. The molecule has 0 unspecified atom stereocenters. The van der Waals surface area contributed by atoms with E-state index in [0.29, 0.717) is 17.0 Å². The molecule has 116 valence electrons. The largest absolute Gasteiger partial charge is 0.344 e. The Morgan fingerprint density at radius 2 is 1.20 bits per heavy atom. The summed E-state index contributed by atoms with van der Waals surface area (Å²) >= 11 is 0. The average molecular weight is 301 g/mol. The third kappa shape index (κ3) is 4.04. The van der Waals surface area contributed by atoms with E-state index in [1.165, 1.54) is 0 Å². The maximum atomic E-state index is 11.7. The van der Waals surface area contributed by atoms with Crippen LogP contribution in [0.3, 0.4) is 0 Å². The minimum absolute atomic E-state index is 0. The number of benzene rings is 1. The van der Waals surface area contributed by atoms with Crippen molar-refractivity contribution in [2.75, 3.05) is 0 Å². The fourth-order valence-electron chi connectivity index (χ4n) is 2.19. The molecule has 0 saturated carbocycles. The molecule has 0 atom stereocenters. The van der Waals surface area contributed by atoms with E-state index in [1.54, 1.807) is 0 Å². The van der Waals surface area contributed by atoms with Crippen LogP contribution in [0.2, 0.25) is 0 Å². The second kappa shape index (κ2) is 6.70. The van der Waals surface area contributed by atoms with E-state index < -0.39 is 10.1 Å². The summed E-state index contributed by atoms with van der Waals surface area (Å²) in [6.45, 7) is 11.9. The van der Waals surface area contributed by atoms with E-state index in [-0.39, 0.29) is 22.9 Å². The molecule has 0 aromatic heterocycles. The van der Waals surface area contributed by atoms with Crippen molar-refractivity contribution < 1.29 is 13.0 Å². The molecule has 1 rings (SSSR count). The van der Waals surface area contributed by atoms with E-state index >= 15 is 0 Å². The molecule has 0 bridgehead atoms. The smallest absolute Gasteiger partial charge is 0.295 e. The molecule has 0 aliphatic heterocycles. The molecular formula is C15H27NO3S. The van der Waals surface area contributed by atoms with Crippen molar-refractivity contribution in [3.05, 3.63) is 28.8 Å². The number of rotatable bonds is 4. The van der Waals surface area contributed by atoms with Crippen LogP contribution in [0.4, 0.5) is 0 Å². The van der Waals surface area contributed by atoms with E-state index in [0.717, 1.165) is 5.56 Å². The Morgan fingerprint density at radius 1 is 0.850 bits per heavy atom. The van der Waals surface area contributed by atoms with Crippen LogP contribution in [0.15, 0.2) is 17.0 Å². The molecule has 4 N–H and O–H groups in total. The summed E-state index contributed by atoms with van der Waals surface area (Å²) in [5, 5.41) is 0. The summed E-state index contributed by atoms with van der Waals surface area (Å²) in [6, 6.07) is 3.81. The summed E-state index contributed by atoms with van der Waals surface area (Å²) in [6.07, 6.45) is 0. The van der Waals surface area contributed by atoms with Crippen molar-refractivity contribution in [2.24, 2.45) is 0 Å². The first-order valence-corrected chi connectivity index (χ1v) is 8.14. The van der Waals surface area contributed by atoms with E-state index in [9.17, 15) is 13.0 Å². The quantitative estimate of drug-likeness (QED) is 0.803. The molecule has 0 aliphatic carbocycles. The molecule has 20 heavy (non-hydrogen) atoms. The van der Waals surface area contributed by atoms with Crippen molar-refractivity contribution >= 4 is 10.1 Å². The molecule has 0 heterocycles. The Hall–Kier alpha value is -0.910. The molecule has 1 aromatic rings. The Bertz CT molecular complexity index is 531. The van der Waals surface area contributed by atoms with Gasteiger partial charge in [-0.2, -0.15) is 8.42 Å². The van der Waals surface area contributed by atoms with Gasteiger partial charge in [0.05, 0.1) is 0 Å². The standard InChI is InChI=1S/C15H24O3S.H3N/c1-9(2)12-7-13(10(3)4)15(19(16,17)18)14(8-12)11(5)6;/h7-11H,1-6H3,(H,16,17,18);1H3. The van der Waals surface area contributed by atoms with Crippen LogP contribution in [0.1, 0.15) is 76.0 Å². The Balaban J connectivity index is 0.00000361. The fourth-order valence-corrected chi connectivity index (χ4v) is 3.37. The highest BCUT2D eigenvalue weighted by Gasteiger charge is 2.24. The first kappa shape index (κ1) is 19.1. The van der Waals surface area contributed by atoms with Crippen molar-refractivity contribution in [1.29, 1.82) is 0 Å². The first-order chi connectivity index (χ1) is 8.55. The highest BCUT2D eigenvalue weighted by atomic mass is 32.2. The van der Waals surface area contributed by atoms with Gasteiger partial charge >= 0.3 is 0 Å². The zero-order valence-corrected chi connectivity index (χ0v) is 14.1. The van der Waals surface area contributed by atoms with Crippen molar-refractivity contribution in [2.45, 2.75) is 64.2 Å². The zero-order valence-electron chi connectivity index (χ0n) is 13.3. The second-order valence-corrected chi connectivity index (χ2v) is 7.33. The molecule has 0 saturated heterocycles. The Morgan fingerprint density at radius 3 is 1.40 bits per heavy atom. The van der Waals surface area contributed by atoms with Gasteiger partial charge in [-0.3, -0.25) is 4.55 Å². The molecule has 0 spiro atoms. The van der Waals surface area contributed by atoms with Crippen molar-refractivity contribution in [3.63, 3.8) is 0 Å². The molecule has 4 nitrogen and oxygen atoms in total.